The lowest BCUT2D eigenvalue weighted by molar-refractivity contribution is 0.162. The van der Waals surface area contributed by atoms with Gasteiger partial charge in [0, 0.05) is 32.2 Å². The maximum atomic E-state index is 6.06. The van der Waals surface area contributed by atoms with Crippen LogP contribution in [0.3, 0.4) is 0 Å². The number of rotatable bonds is 9. The third-order valence-corrected chi connectivity index (χ3v) is 5.16. The molecule has 0 aliphatic carbocycles. The van der Waals surface area contributed by atoms with Gasteiger partial charge in [0.1, 0.15) is 12.4 Å². The Kier molecular flexibility index (Phi) is 7.53. The molecule has 3 rings (SSSR count). The van der Waals surface area contributed by atoms with Crippen LogP contribution < -0.4 is 10.1 Å². The van der Waals surface area contributed by atoms with Gasteiger partial charge in [0.25, 0.3) is 0 Å². The van der Waals surface area contributed by atoms with Crippen LogP contribution in [0.1, 0.15) is 49.8 Å². The van der Waals surface area contributed by atoms with E-state index in [2.05, 4.69) is 65.7 Å². The number of benzene rings is 2. The molecule has 1 heterocycles. The second-order valence-corrected chi connectivity index (χ2v) is 7.14. The van der Waals surface area contributed by atoms with Crippen molar-refractivity contribution in [3.8, 4) is 5.75 Å². The molecule has 1 saturated heterocycles. The average Bonchev–Trinajstić information content (AvgIpc) is 2.71. The number of hydrogen-bond acceptors (Lipinski definition) is 3. The Labute approximate surface area is 158 Å². The molecular weight excluding hydrogens is 320 g/mol. The summed E-state index contributed by atoms with van der Waals surface area (Å²) in [5, 5.41) is 3.47. The van der Waals surface area contributed by atoms with E-state index >= 15 is 0 Å². The standard InChI is InChI=1S/C23H32N2O/c1-2-3-5-13-23(25-16-14-24-15-17-25)21-11-8-12-22(18-21)26-19-20-9-6-4-7-10-20/h4,6-12,18,23-24H,2-3,5,13-17,19H2,1H3/t23-/m0/s1. The lowest BCUT2D eigenvalue weighted by Crippen LogP contribution is -2.45. The van der Waals surface area contributed by atoms with Crippen LogP contribution in [0.5, 0.6) is 5.75 Å². The fourth-order valence-electron chi connectivity index (χ4n) is 3.69. The highest BCUT2D eigenvalue weighted by Gasteiger charge is 2.22. The minimum absolute atomic E-state index is 0.504. The van der Waals surface area contributed by atoms with Crippen LogP contribution in [0.4, 0.5) is 0 Å². The molecular formula is C23H32N2O. The summed E-state index contributed by atoms with van der Waals surface area (Å²) in [5.41, 5.74) is 2.60. The minimum Gasteiger partial charge on any atom is -0.489 e. The van der Waals surface area contributed by atoms with Crippen LogP contribution in [-0.4, -0.2) is 31.1 Å². The van der Waals surface area contributed by atoms with E-state index in [1.165, 1.54) is 36.8 Å². The monoisotopic (exact) mass is 352 g/mol. The number of ether oxygens (including phenoxy) is 1. The Morgan fingerprint density at radius 1 is 1.00 bits per heavy atom. The minimum atomic E-state index is 0.504. The molecule has 3 nitrogen and oxygen atoms in total. The highest BCUT2D eigenvalue weighted by atomic mass is 16.5. The Hall–Kier alpha value is -1.84. The summed E-state index contributed by atoms with van der Waals surface area (Å²) in [6.07, 6.45) is 5.11. The summed E-state index contributed by atoms with van der Waals surface area (Å²) in [6.45, 7) is 7.34. The molecule has 1 N–H and O–H groups in total. The van der Waals surface area contributed by atoms with Gasteiger partial charge >= 0.3 is 0 Å². The lowest BCUT2D eigenvalue weighted by Gasteiger charge is -2.35. The second-order valence-electron chi connectivity index (χ2n) is 7.14. The van der Waals surface area contributed by atoms with Gasteiger partial charge in [0.05, 0.1) is 0 Å². The van der Waals surface area contributed by atoms with Gasteiger partial charge in [-0.05, 0) is 29.7 Å². The summed E-state index contributed by atoms with van der Waals surface area (Å²) in [7, 11) is 0. The van der Waals surface area contributed by atoms with Gasteiger partial charge in [0.15, 0.2) is 0 Å². The van der Waals surface area contributed by atoms with Crippen molar-refractivity contribution in [1.29, 1.82) is 0 Å². The SMILES string of the molecule is CCCCC[C@@H](c1cccc(OCc2ccccc2)c1)N1CCNCC1. The number of nitrogens with zero attached hydrogens (tertiary/aromatic N) is 1. The predicted octanol–water partition coefficient (Wildman–Crippen LogP) is 4.79. The highest BCUT2D eigenvalue weighted by molar-refractivity contribution is 5.31. The third kappa shape index (κ3) is 5.58. The summed E-state index contributed by atoms with van der Waals surface area (Å²) in [5.74, 6) is 0.974. The summed E-state index contributed by atoms with van der Waals surface area (Å²) in [4.78, 5) is 2.64. The van der Waals surface area contributed by atoms with Gasteiger partial charge in [0.2, 0.25) is 0 Å². The average molecular weight is 353 g/mol. The van der Waals surface area contributed by atoms with Crippen molar-refractivity contribution in [2.75, 3.05) is 26.2 Å². The third-order valence-electron chi connectivity index (χ3n) is 5.16. The number of piperazine rings is 1. The van der Waals surface area contributed by atoms with E-state index in [1.54, 1.807) is 0 Å². The van der Waals surface area contributed by atoms with Crippen molar-refractivity contribution < 1.29 is 4.74 Å². The van der Waals surface area contributed by atoms with Crippen molar-refractivity contribution in [2.24, 2.45) is 0 Å². The molecule has 0 radical (unpaired) electrons. The maximum absolute atomic E-state index is 6.06. The fourth-order valence-corrected chi connectivity index (χ4v) is 3.69. The molecule has 0 bridgehead atoms. The quantitative estimate of drug-likeness (QED) is 0.657. The van der Waals surface area contributed by atoms with Crippen molar-refractivity contribution in [3.05, 3.63) is 65.7 Å². The first-order chi connectivity index (χ1) is 12.9. The van der Waals surface area contributed by atoms with Crippen LogP contribution in [-0.2, 0) is 6.61 Å². The van der Waals surface area contributed by atoms with Gasteiger partial charge in [-0.25, -0.2) is 0 Å². The van der Waals surface area contributed by atoms with Gasteiger partial charge in [-0.2, -0.15) is 0 Å². The van der Waals surface area contributed by atoms with Crippen LogP contribution in [0, 0.1) is 0 Å². The smallest absolute Gasteiger partial charge is 0.120 e. The molecule has 1 fully saturated rings. The maximum Gasteiger partial charge on any atom is 0.120 e. The van der Waals surface area contributed by atoms with E-state index in [0.717, 1.165) is 31.9 Å². The van der Waals surface area contributed by atoms with Gasteiger partial charge in [-0.15, -0.1) is 0 Å². The van der Waals surface area contributed by atoms with Crippen molar-refractivity contribution in [2.45, 2.75) is 45.3 Å². The number of unbranched alkanes of at least 4 members (excludes halogenated alkanes) is 2. The highest BCUT2D eigenvalue weighted by Crippen LogP contribution is 2.29. The van der Waals surface area contributed by atoms with E-state index in [-0.39, 0.29) is 0 Å². The molecule has 0 spiro atoms. The normalized spacial score (nSPS) is 16.3. The number of nitrogens with one attached hydrogen (secondary N) is 1. The lowest BCUT2D eigenvalue weighted by atomic mass is 9.98. The van der Waals surface area contributed by atoms with Crippen LogP contribution in [0.15, 0.2) is 54.6 Å². The molecule has 0 saturated carbocycles. The Balaban J connectivity index is 1.68. The summed E-state index contributed by atoms with van der Waals surface area (Å²) < 4.78 is 6.06. The molecule has 140 valence electrons. The molecule has 0 amide bonds. The van der Waals surface area contributed by atoms with Gasteiger partial charge < -0.3 is 10.1 Å². The van der Waals surface area contributed by atoms with Gasteiger partial charge in [-0.1, -0.05) is 68.7 Å². The fraction of sp³-hybridized carbons (Fsp3) is 0.478. The summed E-state index contributed by atoms with van der Waals surface area (Å²) in [6, 6.07) is 19.6. The number of hydrogen-bond donors (Lipinski definition) is 1. The molecule has 1 aliphatic rings. The first-order valence-electron chi connectivity index (χ1n) is 10.1. The molecule has 0 unspecified atom stereocenters. The zero-order chi connectivity index (χ0) is 18.0. The Morgan fingerprint density at radius 2 is 1.81 bits per heavy atom. The molecule has 26 heavy (non-hydrogen) atoms. The van der Waals surface area contributed by atoms with Crippen LogP contribution in [0.2, 0.25) is 0 Å². The molecule has 0 aromatic heterocycles. The Morgan fingerprint density at radius 3 is 2.58 bits per heavy atom. The van der Waals surface area contributed by atoms with E-state index in [0.29, 0.717) is 12.6 Å². The van der Waals surface area contributed by atoms with Gasteiger partial charge in [-0.3, -0.25) is 4.90 Å². The first-order valence-corrected chi connectivity index (χ1v) is 10.1. The molecule has 1 atom stereocenters. The Bertz CT molecular complexity index is 638. The van der Waals surface area contributed by atoms with E-state index in [4.69, 9.17) is 4.74 Å². The zero-order valence-corrected chi connectivity index (χ0v) is 16.0. The zero-order valence-electron chi connectivity index (χ0n) is 16.0. The largest absolute Gasteiger partial charge is 0.489 e. The predicted molar refractivity (Wildman–Crippen MR) is 109 cm³/mol. The first kappa shape index (κ1) is 18.9. The van der Waals surface area contributed by atoms with E-state index in [9.17, 15) is 0 Å². The molecule has 2 aromatic rings. The van der Waals surface area contributed by atoms with Crippen molar-refractivity contribution in [1.82, 2.24) is 10.2 Å². The molecule has 1 aliphatic heterocycles. The van der Waals surface area contributed by atoms with E-state index in [1.807, 2.05) is 6.07 Å². The van der Waals surface area contributed by atoms with E-state index < -0.39 is 0 Å². The van der Waals surface area contributed by atoms with Crippen molar-refractivity contribution in [3.63, 3.8) is 0 Å². The van der Waals surface area contributed by atoms with Crippen molar-refractivity contribution >= 4 is 0 Å². The molecule has 3 heteroatoms. The van der Waals surface area contributed by atoms with Crippen LogP contribution >= 0.6 is 0 Å². The molecule has 2 aromatic carbocycles. The second kappa shape index (κ2) is 10.3. The van der Waals surface area contributed by atoms with Crippen LogP contribution in [0.25, 0.3) is 0 Å². The summed E-state index contributed by atoms with van der Waals surface area (Å²) >= 11 is 0. The topological polar surface area (TPSA) is 24.5 Å².